The maximum Gasteiger partial charge on any atom is -0.00773 e. The molecule has 4 N–H and O–H groups in total. The third-order valence-corrected chi connectivity index (χ3v) is 1.91. The van der Waals surface area contributed by atoms with Crippen LogP contribution in [0.3, 0.4) is 0 Å². The van der Waals surface area contributed by atoms with Gasteiger partial charge < -0.3 is 11.5 Å². The van der Waals surface area contributed by atoms with E-state index in [1.54, 1.807) is 0 Å². The molecule has 0 aromatic heterocycles. The predicted molar refractivity (Wildman–Crippen MR) is 64.9 cm³/mol. The Hall–Kier alpha value is 0.500. The average molecular weight is 231 g/mol. The fourth-order valence-electron chi connectivity index (χ4n) is 1.17. The lowest BCUT2D eigenvalue weighted by Crippen LogP contribution is -1.98. The third-order valence-electron chi connectivity index (χ3n) is 1.91. The van der Waals surface area contributed by atoms with Crippen LogP contribution in [0.5, 0.6) is 0 Å². The van der Waals surface area contributed by atoms with E-state index in [9.17, 15) is 0 Å². The first-order valence-electron chi connectivity index (χ1n) is 4.82. The Morgan fingerprint density at radius 1 is 0.462 bits per heavy atom. The second-order valence-electron chi connectivity index (χ2n) is 3.05. The van der Waals surface area contributed by atoms with Crippen molar-refractivity contribution in [3.63, 3.8) is 0 Å². The SMILES string of the molecule is Cl.Cl.NCCCCCCCCCN. The van der Waals surface area contributed by atoms with Crippen LogP contribution in [-0.4, -0.2) is 13.1 Å². The van der Waals surface area contributed by atoms with Crippen LogP contribution in [0, 0.1) is 0 Å². The standard InChI is InChI=1S/C9H22N2.2ClH/c10-8-6-4-2-1-3-5-7-9-11;;/h1-11H2;2*1H. The van der Waals surface area contributed by atoms with E-state index in [0.717, 1.165) is 13.1 Å². The number of rotatable bonds is 8. The van der Waals surface area contributed by atoms with E-state index in [1.165, 1.54) is 44.9 Å². The summed E-state index contributed by atoms with van der Waals surface area (Å²) in [6, 6.07) is 0. The van der Waals surface area contributed by atoms with Gasteiger partial charge in [0.2, 0.25) is 0 Å². The first-order chi connectivity index (χ1) is 5.41. The molecule has 0 unspecified atom stereocenters. The summed E-state index contributed by atoms with van der Waals surface area (Å²) in [5.41, 5.74) is 10.7. The van der Waals surface area contributed by atoms with Crippen molar-refractivity contribution < 1.29 is 0 Å². The molecule has 0 aromatic rings. The monoisotopic (exact) mass is 230 g/mol. The van der Waals surface area contributed by atoms with Crippen LogP contribution in [0.4, 0.5) is 0 Å². The van der Waals surface area contributed by atoms with Crippen LogP contribution in [0.2, 0.25) is 0 Å². The molecule has 0 atom stereocenters. The van der Waals surface area contributed by atoms with Gasteiger partial charge in [-0.15, -0.1) is 24.8 Å². The quantitative estimate of drug-likeness (QED) is 0.630. The lowest BCUT2D eigenvalue weighted by molar-refractivity contribution is 0.585. The molecule has 0 aromatic carbocycles. The molecule has 0 fully saturated rings. The van der Waals surface area contributed by atoms with Gasteiger partial charge in [-0.2, -0.15) is 0 Å². The molecule has 2 nitrogen and oxygen atoms in total. The van der Waals surface area contributed by atoms with E-state index < -0.39 is 0 Å². The Bertz CT molecular complexity index is 64.6. The number of unbranched alkanes of at least 4 members (excludes halogenated alkanes) is 6. The zero-order valence-electron chi connectivity index (χ0n) is 8.34. The van der Waals surface area contributed by atoms with Gasteiger partial charge in [0, 0.05) is 0 Å². The lowest BCUT2D eigenvalue weighted by atomic mass is 10.1. The van der Waals surface area contributed by atoms with Crippen LogP contribution in [0.25, 0.3) is 0 Å². The molecular weight excluding hydrogens is 207 g/mol. The van der Waals surface area contributed by atoms with Crippen LogP contribution >= 0.6 is 24.8 Å². The number of nitrogens with two attached hydrogens (primary N) is 2. The van der Waals surface area contributed by atoms with Crippen molar-refractivity contribution in [3.05, 3.63) is 0 Å². The summed E-state index contributed by atoms with van der Waals surface area (Å²) >= 11 is 0. The van der Waals surface area contributed by atoms with Gasteiger partial charge in [-0.05, 0) is 25.9 Å². The molecule has 0 aliphatic carbocycles. The Morgan fingerprint density at radius 3 is 0.923 bits per heavy atom. The van der Waals surface area contributed by atoms with Crippen LogP contribution in [0.15, 0.2) is 0 Å². The molecule has 84 valence electrons. The highest BCUT2D eigenvalue weighted by molar-refractivity contribution is 5.85. The fourth-order valence-corrected chi connectivity index (χ4v) is 1.17. The minimum absolute atomic E-state index is 0. The number of halogens is 2. The van der Waals surface area contributed by atoms with Crippen molar-refractivity contribution in [3.8, 4) is 0 Å². The Morgan fingerprint density at radius 2 is 0.692 bits per heavy atom. The molecule has 0 heterocycles. The van der Waals surface area contributed by atoms with Crippen molar-refractivity contribution >= 4 is 24.8 Å². The second-order valence-corrected chi connectivity index (χ2v) is 3.05. The largest absolute Gasteiger partial charge is 0.330 e. The lowest BCUT2D eigenvalue weighted by Gasteiger charge is -1.99. The van der Waals surface area contributed by atoms with Gasteiger partial charge >= 0.3 is 0 Å². The first-order valence-corrected chi connectivity index (χ1v) is 4.82. The summed E-state index contributed by atoms with van der Waals surface area (Å²) in [5.74, 6) is 0. The molecule has 0 radical (unpaired) electrons. The fraction of sp³-hybridized carbons (Fsp3) is 1.00. The average Bonchev–Trinajstić information content (AvgIpc) is 2.03. The van der Waals surface area contributed by atoms with Gasteiger partial charge in [0.1, 0.15) is 0 Å². The zero-order chi connectivity index (χ0) is 8.36. The molecule has 0 spiro atoms. The zero-order valence-corrected chi connectivity index (χ0v) is 9.97. The van der Waals surface area contributed by atoms with Gasteiger partial charge in [-0.3, -0.25) is 0 Å². The molecular formula is C9H24Cl2N2. The second kappa shape index (κ2) is 18.3. The van der Waals surface area contributed by atoms with E-state index in [4.69, 9.17) is 11.5 Å². The molecule has 0 saturated heterocycles. The van der Waals surface area contributed by atoms with E-state index in [-0.39, 0.29) is 24.8 Å². The van der Waals surface area contributed by atoms with Crippen molar-refractivity contribution in [2.24, 2.45) is 11.5 Å². The van der Waals surface area contributed by atoms with Crippen molar-refractivity contribution in [1.82, 2.24) is 0 Å². The van der Waals surface area contributed by atoms with Crippen LogP contribution in [-0.2, 0) is 0 Å². The first kappa shape index (κ1) is 19.1. The van der Waals surface area contributed by atoms with Crippen LogP contribution < -0.4 is 11.5 Å². The minimum Gasteiger partial charge on any atom is -0.330 e. The molecule has 0 amide bonds. The van der Waals surface area contributed by atoms with Gasteiger partial charge in [-0.25, -0.2) is 0 Å². The Balaban J connectivity index is -0.000000500. The molecule has 4 heteroatoms. The number of hydrogen-bond donors (Lipinski definition) is 2. The van der Waals surface area contributed by atoms with E-state index in [1.807, 2.05) is 0 Å². The van der Waals surface area contributed by atoms with Crippen molar-refractivity contribution in [1.29, 1.82) is 0 Å². The Labute approximate surface area is 94.6 Å². The van der Waals surface area contributed by atoms with Gasteiger partial charge in [0.05, 0.1) is 0 Å². The Kier molecular flexibility index (Phi) is 27.0. The van der Waals surface area contributed by atoms with Crippen LogP contribution in [0.1, 0.15) is 44.9 Å². The van der Waals surface area contributed by atoms with Gasteiger partial charge in [0.15, 0.2) is 0 Å². The highest BCUT2D eigenvalue weighted by Crippen LogP contribution is 2.05. The highest BCUT2D eigenvalue weighted by atomic mass is 35.5. The van der Waals surface area contributed by atoms with Gasteiger partial charge in [0.25, 0.3) is 0 Å². The van der Waals surface area contributed by atoms with E-state index >= 15 is 0 Å². The summed E-state index contributed by atoms with van der Waals surface area (Å²) < 4.78 is 0. The predicted octanol–water partition coefficient (Wildman–Crippen LogP) is 2.48. The third kappa shape index (κ3) is 19.1. The normalized spacial score (nSPS) is 8.77. The maximum absolute atomic E-state index is 5.37. The smallest absolute Gasteiger partial charge is 0.00773 e. The van der Waals surface area contributed by atoms with E-state index in [2.05, 4.69) is 0 Å². The summed E-state index contributed by atoms with van der Waals surface area (Å²) in [6.45, 7) is 1.70. The van der Waals surface area contributed by atoms with Gasteiger partial charge in [-0.1, -0.05) is 32.1 Å². The maximum atomic E-state index is 5.37. The summed E-state index contributed by atoms with van der Waals surface area (Å²) in [5, 5.41) is 0. The molecule has 0 saturated carbocycles. The minimum atomic E-state index is 0. The highest BCUT2D eigenvalue weighted by Gasteiger charge is 1.89. The number of hydrogen-bond acceptors (Lipinski definition) is 2. The summed E-state index contributed by atoms with van der Waals surface area (Å²) in [7, 11) is 0. The summed E-state index contributed by atoms with van der Waals surface area (Å²) in [6.07, 6.45) is 9.05. The molecule has 13 heavy (non-hydrogen) atoms. The van der Waals surface area contributed by atoms with Crippen molar-refractivity contribution in [2.75, 3.05) is 13.1 Å². The molecule has 0 aliphatic rings. The summed E-state index contributed by atoms with van der Waals surface area (Å²) in [4.78, 5) is 0. The van der Waals surface area contributed by atoms with E-state index in [0.29, 0.717) is 0 Å². The van der Waals surface area contributed by atoms with Crippen molar-refractivity contribution in [2.45, 2.75) is 44.9 Å². The molecule has 0 bridgehead atoms. The molecule has 0 aliphatic heterocycles. The molecule has 0 rings (SSSR count). The topological polar surface area (TPSA) is 52.0 Å².